The summed E-state index contributed by atoms with van der Waals surface area (Å²) in [6.45, 7) is 0.792. The third-order valence-corrected chi connectivity index (χ3v) is 1.60. The molecule has 1 saturated carbocycles. The van der Waals surface area contributed by atoms with Gasteiger partial charge in [-0.3, -0.25) is 0 Å². The van der Waals surface area contributed by atoms with E-state index in [4.69, 9.17) is 5.21 Å². The molecule has 0 bridgehead atoms. The molecule has 0 heterocycles. The number of hydrogen-bond acceptors (Lipinski definition) is 2. The maximum absolute atomic E-state index is 8.15. The predicted octanol–water partition coefficient (Wildman–Crippen LogP) is 0.765. The second-order valence-corrected chi connectivity index (χ2v) is 2.16. The van der Waals surface area contributed by atoms with E-state index in [1.807, 2.05) is 0 Å². The van der Waals surface area contributed by atoms with Gasteiger partial charge in [0.25, 0.3) is 0 Å². The van der Waals surface area contributed by atoms with E-state index in [9.17, 15) is 0 Å². The standard InChI is InChI=1S/C5H11NO/c7-6-4-5-2-1-3-5/h5-7H,1-4H2. The summed E-state index contributed by atoms with van der Waals surface area (Å²) in [6, 6.07) is 0. The van der Waals surface area contributed by atoms with Crippen molar-refractivity contribution in [3.05, 3.63) is 0 Å². The molecule has 1 aliphatic carbocycles. The van der Waals surface area contributed by atoms with Crippen LogP contribution in [0.2, 0.25) is 0 Å². The average Bonchev–Trinajstić information content (AvgIpc) is 1.55. The van der Waals surface area contributed by atoms with Gasteiger partial charge < -0.3 is 5.21 Å². The third kappa shape index (κ3) is 1.14. The molecule has 1 fully saturated rings. The van der Waals surface area contributed by atoms with Gasteiger partial charge in [0.05, 0.1) is 0 Å². The SMILES string of the molecule is ONCC1CCC1. The lowest BCUT2D eigenvalue weighted by Gasteiger charge is -2.23. The van der Waals surface area contributed by atoms with E-state index in [0.717, 1.165) is 12.5 Å². The Balaban J connectivity index is 1.93. The fourth-order valence-electron chi connectivity index (χ4n) is 0.826. The van der Waals surface area contributed by atoms with Crippen LogP contribution in [0.5, 0.6) is 0 Å². The van der Waals surface area contributed by atoms with Crippen molar-refractivity contribution in [1.29, 1.82) is 0 Å². The zero-order valence-corrected chi connectivity index (χ0v) is 4.35. The molecule has 0 aliphatic heterocycles. The van der Waals surface area contributed by atoms with Crippen molar-refractivity contribution in [2.75, 3.05) is 6.54 Å². The van der Waals surface area contributed by atoms with Crippen LogP contribution in [0.1, 0.15) is 19.3 Å². The van der Waals surface area contributed by atoms with Crippen LogP contribution in [-0.2, 0) is 0 Å². The molecule has 0 saturated heterocycles. The van der Waals surface area contributed by atoms with E-state index in [1.165, 1.54) is 19.3 Å². The first-order valence-corrected chi connectivity index (χ1v) is 2.80. The molecule has 0 aromatic rings. The summed E-state index contributed by atoms with van der Waals surface area (Å²) in [7, 11) is 0. The van der Waals surface area contributed by atoms with Gasteiger partial charge >= 0.3 is 0 Å². The summed E-state index contributed by atoms with van der Waals surface area (Å²) in [5.74, 6) is 0.769. The second kappa shape index (κ2) is 2.28. The van der Waals surface area contributed by atoms with Crippen LogP contribution in [0.25, 0.3) is 0 Å². The molecule has 0 spiro atoms. The minimum Gasteiger partial charge on any atom is -0.317 e. The van der Waals surface area contributed by atoms with Crippen molar-refractivity contribution in [3.8, 4) is 0 Å². The fraction of sp³-hybridized carbons (Fsp3) is 1.00. The normalized spacial score (nSPS) is 21.9. The molecule has 2 N–H and O–H groups in total. The van der Waals surface area contributed by atoms with Gasteiger partial charge in [0.2, 0.25) is 0 Å². The van der Waals surface area contributed by atoms with Crippen LogP contribution in [-0.4, -0.2) is 11.8 Å². The molecule has 1 aliphatic rings. The Morgan fingerprint density at radius 3 is 2.43 bits per heavy atom. The van der Waals surface area contributed by atoms with Gasteiger partial charge in [-0.1, -0.05) is 6.42 Å². The van der Waals surface area contributed by atoms with Crippen molar-refractivity contribution in [2.24, 2.45) is 5.92 Å². The third-order valence-electron chi connectivity index (χ3n) is 1.60. The van der Waals surface area contributed by atoms with E-state index < -0.39 is 0 Å². The summed E-state index contributed by atoms with van der Waals surface area (Å²) in [5.41, 5.74) is 2.17. The van der Waals surface area contributed by atoms with E-state index in [-0.39, 0.29) is 0 Å². The van der Waals surface area contributed by atoms with E-state index in [2.05, 4.69) is 5.48 Å². The molecule has 0 radical (unpaired) electrons. The zero-order valence-electron chi connectivity index (χ0n) is 4.35. The fourth-order valence-corrected chi connectivity index (χ4v) is 0.826. The van der Waals surface area contributed by atoms with Crippen LogP contribution < -0.4 is 5.48 Å². The van der Waals surface area contributed by atoms with Crippen molar-refractivity contribution in [2.45, 2.75) is 19.3 Å². The van der Waals surface area contributed by atoms with Crippen molar-refractivity contribution >= 4 is 0 Å². The summed E-state index contributed by atoms with van der Waals surface area (Å²) < 4.78 is 0. The lowest BCUT2D eigenvalue weighted by Crippen LogP contribution is -2.24. The van der Waals surface area contributed by atoms with Crippen LogP contribution in [0, 0.1) is 5.92 Å². The minimum atomic E-state index is 0.769. The highest BCUT2D eigenvalue weighted by atomic mass is 16.5. The molecule has 2 nitrogen and oxygen atoms in total. The van der Waals surface area contributed by atoms with Gasteiger partial charge in [0, 0.05) is 6.54 Å². The topological polar surface area (TPSA) is 32.3 Å². The van der Waals surface area contributed by atoms with Crippen LogP contribution in [0.3, 0.4) is 0 Å². The summed E-state index contributed by atoms with van der Waals surface area (Å²) in [4.78, 5) is 0. The lowest BCUT2D eigenvalue weighted by atomic mass is 9.86. The Labute approximate surface area is 43.5 Å². The number of rotatable bonds is 2. The van der Waals surface area contributed by atoms with Crippen molar-refractivity contribution < 1.29 is 5.21 Å². The van der Waals surface area contributed by atoms with Crippen molar-refractivity contribution in [1.82, 2.24) is 5.48 Å². The molecule has 0 unspecified atom stereocenters. The van der Waals surface area contributed by atoms with Gasteiger partial charge in [0.15, 0.2) is 0 Å². The molecular formula is C5H11NO. The molecule has 7 heavy (non-hydrogen) atoms. The molecule has 0 aromatic heterocycles. The van der Waals surface area contributed by atoms with Crippen LogP contribution >= 0.6 is 0 Å². The van der Waals surface area contributed by atoms with Gasteiger partial charge in [-0.25, -0.2) is 5.48 Å². The Hall–Kier alpha value is -0.0800. The van der Waals surface area contributed by atoms with Crippen LogP contribution in [0.4, 0.5) is 0 Å². The van der Waals surface area contributed by atoms with Gasteiger partial charge in [-0.15, -0.1) is 0 Å². The summed E-state index contributed by atoms with van der Waals surface area (Å²) in [6.07, 6.45) is 3.95. The Morgan fingerprint density at radius 1 is 1.57 bits per heavy atom. The van der Waals surface area contributed by atoms with E-state index in [1.54, 1.807) is 0 Å². The lowest BCUT2D eigenvalue weighted by molar-refractivity contribution is 0.127. The van der Waals surface area contributed by atoms with Crippen molar-refractivity contribution in [3.63, 3.8) is 0 Å². The van der Waals surface area contributed by atoms with Gasteiger partial charge in [-0.2, -0.15) is 0 Å². The monoisotopic (exact) mass is 101 g/mol. The molecule has 0 aromatic carbocycles. The first kappa shape index (κ1) is 5.06. The summed E-state index contributed by atoms with van der Waals surface area (Å²) >= 11 is 0. The highest BCUT2D eigenvalue weighted by Gasteiger charge is 2.15. The predicted molar refractivity (Wildman–Crippen MR) is 27.1 cm³/mol. The highest BCUT2D eigenvalue weighted by molar-refractivity contribution is 4.69. The number of hydroxylamine groups is 1. The quantitative estimate of drug-likeness (QED) is 0.503. The first-order valence-electron chi connectivity index (χ1n) is 2.80. The smallest absolute Gasteiger partial charge is 0.0235 e. The van der Waals surface area contributed by atoms with E-state index >= 15 is 0 Å². The van der Waals surface area contributed by atoms with Crippen LogP contribution in [0.15, 0.2) is 0 Å². The Bertz CT molecular complexity index is 52.0. The zero-order chi connectivity index (χ0) is 5.11. The second-order valence-electron chi connectivity index (χ2n) is 2.16. The van der Waals surface area contributed by atoms with Gasteiger partial charge in [-0.05, 0) is 18.8 Å². The first-order chi connectivity index (χ1) is 3.43. The largest absolute Gasteiger partial charge is 0.317 e. The van der Waals surface area contributed by atoms with E-state index in [0.29, 0.717) is 0 Å². The molecule has 42 valence electrons. The molecule has 0 amide bonds. The maximum Gasteiger partial charge on any atom is 0.0235 e. The average molecular weight is 101 g/mol. The molecular weight excluding hydrogens is 90.1 g/mol. The molecule has 1 rings (SSSR count). The molecule has 2 heteroatoms. The Morgan fingerprint density at radius 2 is 2.29 bits per heavy atom. The number of hydrogen-bond donors (Lipinski definition) is 2. The maximum atomic E-state index is 8.15. The molecule has 0 atom stereocenters. The minimum absolute atomic E-state index is 0.769. The Kier molecular flexibility index (Phi) is 1.65. The number of nitrogens with one attached hydrogen (secondary N) is 1. The highest BCUT2D eigenvalue weighted by Crippen LogP contribution is 2.24. The summed E-state index contributed by atoms with van der Waals surface area (Å²) in [5, 5.41) is 8.15. The van der Waals surface area contributed by atoms with Gasteiger partial charge in [0.1, 0.15) is 0 Å².